The number of fused-ring (bicyclic) bond motifs is 3. The van der Waals surface area contributed by atoms with E-state index in [0.717, 1.165) is 44.3 Å². The summed E-state index contributed by atoms with van der Waals surface area (Å²) in [4.78, 5) is 86.1. The van der Waals surface area contributed by atoms with E-state index >= 15 is 0 Å². The Labute approximate surface area is 867 Å². The molecule has 147 heavy (non-hydrogen) atoms. The van der Waals surface area contributed by atoms with Crippen LogP contribution in [-0.4, -0.2) is 454 Å². The zero-order valence-electron chi connectivity index (χ0n) is 87.3. The first kappa shape index (κ1) is 129. The Morgan fingerprint density at radius 3 is 1.04 bits per heavy atom. The van der Waals surface area contributed by atoms with Crippen LogP contribution < -0.4 is 40.8 Å². The number of anilines is 3. The number of nitrogens with zero attached hydrogens (tertiary/aromatic N) is 6. The Balaban J connectivity index is 0.0000380. The number of carbonyl (C=O) groups excluding carboxylic acids is 5. The van der Waals surface area contributed by atoms with Crippen LogP contribution in [0.3, 0.4) is 0 Å². The summed E-state index contributed by atoms with van der Waals surface area (Å²) in [6.45, 7) is 20.1. The fraction of sp³-hybridized carbons (Fsp3) is 0.718. The molecule has 44 heteroatoms. The highest BCUT2D eigenvalue weighted by molar-refractivity contribution is 5.91. The zero-order valence-corrected chi connectivity index (χ0v) is 87.3. The molecular formula is C103H172N11O33+. The van der Waals surface area contributed by atoms with Crippen molar-refractivity contribution in [1.29, 1.82) is 0 Å². The van der Waals surface area contributed by atoms with Gasteiger partial charge in [0.25, 0.3) is 0 Å². The number of methoxy groups -OCH3 is 2. The van der Waals surface area contributed by atoms with Crippen LogP contribution in [0, 0.1) is 0 Å². The number of nitrogens with two attached hydrogens (primary N) is 1. The normalized spacial score (nSPS) is 12.0. The second-order valence-electron chi connectivity index (χ2n) is 33.6. The van der Waals surface area contributed by atoms with E-state index in [0.29, 0.717) is 353 Å². The van der Waals surface area contributed by atoms with E-state index in [9.17, 15) is 24.0 Å². The number of aryl methyl sites for hydroxylation is 2. The number of rotatable bonds is 104. The van der Waals surface area contributed by atoms with Crippen LogP contribution >= 0.6 is 0 Å². The van der Waals surface area contributed by atoms with Crippen molar-refractivity contribution in [2.45, 2.75) is 90.3 Å². The van der Waals surface area contributed by atoms with Crippen LogP contribution in [0.1, 0.15) is 76.3 Å². The third kappa shape index (κ3) is 65.6. The Morgan fingerprint density at radius 2 is 0.673 bits per heavy atom. The lowest BCUT2D eigenvalue weighted by molar-refractivity contribution is -0.645. The average molecular weight is 2090 g/mol. The van der Waals surface area contributed by atoms with Crippen molar-refractivity contribution < 1.29 is 161 Å². The maximum atomic E-state index is 14.6. The van der Waals surface area contributed by atoms with E-state index in [1.807, 2.05) is 52.5 Å². The first-order chi connectivity index (χ1) is 71.6. The SMILES string of the molecule is C.COCCOCCOCCOCCNC(=O)CCOCC(COCCC(=O)CCCOCCOCCOCCOCCOCCOCCOCCOCCOCCOCCOCCOCCC(=O)CCc1ccc(COc2nc(N)nc3nc[nH]c23)cc1)(COCCC(=O)NCCOCCOCCOCCOCCOCCOCCOCCOC)NC(=O)CCC[n+]1c2cc(N(C)C)ccc2cc2ccc(N(C)C)cc21. The minimum Gasteiger partial charge on any atom is -0.471 e. The molecule has 0 radical (unpaired) electrons. The van der Waals surface area contributed by atoms with Crippen molar-refractivity contribution in [3.8, 4) is 5.88 Å². The summed E-state index contributed by atoms with van der Waals surface area (Å²) in [5.41, 5.74) is 11.6. The minimum atomic E-state index is -1.34. The predicted molar refractivity (Wildman–Crippen MR) is 550 cm³/mol. The molecule has 6 aromatic rings. The Bertz CT molecular complexity index is 4180. The lowest BCUT2D eigenvalue weighted by Gasteiger charge is -2.34. The summed E-state index contributed by atoms with van der Waals surface area (Å²) in [6.07, 6.45) is 4.30. The van der Waals surface area contributed by atoms with E-state index < -0.39 is 5.54 Å². The molecule has 6 N–H and O–H groups in total. The van der Waals surface area contributed by atoms with E-state index in [4.69, 9.17) is 138 Å². The van der Waals surface area contributed by atoms with Gasteiger partial charge in [0, 0.05) is 148 Å². The van der Waals surface area contributed by atoms with Gasteiger partial charge < -0.3 is 169 Å². The van der Waals surface area contributed by atoms with Crippen molar-refractivity contribution in [3.63, 3.8) is 0 Å². The molecule has 1 atom stereocenters. The molecule has 3 aromatic heterocycles. The molecule has 0 bridgehead atoms. The van der Waals surface area contributed by atoms with Gasteiger partial charge in [-0.2, -0.15) is 14.5 Å². The number of nitrogen functional groups attached to an aromatic ring is 1. The highest BCUT2D eigenvalue weighted by Gasteiger charge is 2.35. The number of ketones is 2. The molecular weight excluding hydrogens is 1920 g/mol. The van der Waals surface area contributed by atoms with Gasteiger partial charge in [0.15, 0.2) is 5.65 Å². The van der Waals surface area contributed by atoms with Crippen LogP contribution in [0.15, 0.2) is 73.1 Å². The Hall–Kier alpha value is -8.25. The number of benzene rings is 3. The Kier molecular flexibility index (Phi) is 77.7. The lowest BCUT2D eigenvalue weighted by Crippen LogP contribution is -2.58. The number of carbonyl (C=O) groups is 5. The summed E-state index contributed by atoms with van der Waals surface area (Å²) in [5, 5.41) is 11.1. The van der Waals surface area contributed by atoms with Crippen molar-refractivity contribution in [1.82, 2.24) is 35.9 Å². The average Bonchev–Trinajstić information content (AvgIpc) is 0.859. The fourth-order valence-corrected chi connectivity index (χ4v) is 13.6. The Morgan fingerprint density at radius 1 is 0.347 bits per heavy atom. The zero-order chi connectivity index (χ0) is 104. The molecule has 0 aliphatic heterocycles. The number of H-pyrrole nitrogens is 1. The lowest BCUT2D eigenvalue weighted by atomic mass is 10.0. The van der Waals surface area contributed by atoms with Gasteiger partial charge in [-0.1, -0.05) is 31.7 Å². The maximum Gasteiger partial charge on any atom is 0.245 e. The van der Waals surface area contributed by atoms with Crippen LogP contribution in [0.2, 0.25) is 0 Å². The predicted octanol–water partition coefficient (Wildman–Crippen LogP) is 5.56. The first-order valence-electron chi connectivity index (χ1n) is 50.9. The van der Waals surface area contributed by atoms with Crippen molar-refractivity contribution in [2.24, 2.45) is 0 Å². The van der Waals surface area contributed by atoms with Crippen LogP contribution in [0.25, 0.3) is 33.0 Å². The summed E-state index contributed by atoms with van der Waals surface area (Å²) < 4.78 is 160. The highest BCUT2D eigenvalue weighted by atomic mass is 16.6. The van der Waals surface area contributed by atoms with E-state index in [2.05, 4.69) is 92.7 Å². The molecule has 0 saturated carbocycles. The summed E-state index contributed by atoms with van der Waals surface area (Å²) in [7, 11) is 11.3. The number of aromatic amines is 1. The van der Waals surface area contributed by atoms with Gasteiger partial charge in [-0.3, -0.25) is 24.0 Å². The molecule has 6 rings (SSSR count). The van der Waals surface area contributed by atoms with E-state index in [1.165, 1.54) is 6.33 Å². The number of aromatic nitrogens is 5. The van der Waals surface area contributed by atoms with Crippen LogP contribution in [0.5, 0.6) is 5.88 Å². The number of hydrogen-bond acceptors (Lipinski definition) is 39. The molecule has 3 amide bonds. The molecule has 3 aromatic carbocycles. The molecule has 3 heterocycles. The molecule has 0 aliphatic rings. The van der Waals surface area contributed by atoms with Crippen LogP contribution in [0.4, 0.5) is 17.3 Å². The second kappa shape index (κ2) is 88.4. The molecule has 0 fully saturated rings. The number of hydrogen-bond donors (Lipinski definition) is 5. The number of pyridine rings is 1. The minimum absolute atomic E-state index is 0. The van der Waals surface area contributed by atoms with Gasteiger partial charge in [-0.15, -0.1) is 0 Å². The maximum absolute atomic E-state index is 14.6. The molecule has 0 saturated heterocycles. The van der Waals surface area contributed by atoms with Gasteiger partial charge in [0.1, 0.15) is 35.8 Å². The fourth-order valence-electron chi connectivity index (χ4n) is 13.6. The summed E-state index contributed by atoms with van der Waals surface area (Å²) in [6, 6.07) is 22.8. The summed E-state index contributed by atoms with van der Waals surface area (Å²) in [5.74, 6) is -0.322. The second-order valence-corrected chi connectivity index (χ2v) is 33.6. The third-order valence-electron chi connectivity index (χ3n) is 21.4. The van der Waals surface area contributed by atoms with Gasteiger partial charge in [-0.05, 0) is 54.3 Å². The van der Waals surface area contributed by atoms with Gasteiger partial charge in [0.2, 0.25) is 40.6 Å². The van der Waals surface area contributed by atoms with Gasteiger partial charge >= 0.3 is 0 Å². The van der Waals surface area contributed by atoms with Crippen LogP contribution in [-0.2, 0) is 171 Å². The molecule has 836 valence electrons. The number of imidazole rings is 1. The van der Waals surface area contributed by atoms with E-state index in [-0.39, 0.29) is 141 Å². The van der Waals surface area contributed by atoms with Crippen molar-refractivity contribution in [3.05, 3.63) is 84.2 Å². The van der Waals surface area contributed by atoms with E-state index in [1.54, 1.807) is 14.2 Å². The smallest absolute Gasteiger partial charge is 0.245 e. The quantitative estimate of drug-likeness (QED) is 0.0177. The summed E-state index contributed by atoms with van der Waals surface area (Å²) >= 11 is 0. The number of nitrogens with one attached hydrogen (secondary N) is 4. The molecule has 44 nitrogen and oxygen atoms in total. The first-order valence-corrected chi connectivity index (χ1v) is 50.9. The number of Topliss-reactive ketones (excluding diaryl/α,β-unsaturated/α-hetero) is 2. The van der Waals surface area contributed by atoms with Gasteiger partial charge in [-0.25, -0.2) is 4.98 Å². The standard InChI is InChI=1S/C102H167N11O33.CH4/c1-111(2)89-18-16-87-77-88-17-19-90(112(3)4)79-94(88)113(93(87)78-89)27-7-10-97(118)110-102(82-144-31-23-95(116)104-25-33-123-41-45-129-49-47-125-37-35-119-5,83-145-32-24-96(117)105-26-34-124-42-46-130-53-56-134-61-64-138-66-65-135-58-57-131-50-48-126-38-36-120-6)81-143-30-22-91(114)9-8-28-121-39-43-127-51-54-132-59-62-136-67-69-139-71-73-141-75-76-142-74-72-140-70-68-137-63-60-133-55-52-128-44-40-122-29-21-92(115)20-15-85-11-13-86(14-12-85)80-146-100-98-99(107-84-106-98)108-101(103)109-100;/h11-14,16-19,77-79,84H,7-10,15,20-76,80-83H2,1-6H3,(H5-,103,104,105,106,107,108,109,110,116,117,118);1H4/p+1. The highest BCUT2D eigenvalue weighted by Crippen LogP contribution is 2.27. The molecule has 0 spiro atoms. The molecule has 0 aliphatic carbocycles. The topological polar surface area (TPSA) is 471 Å². The number of ether oxygens (including phenoxy) is 28. The molecule has 1 unspecified atom stereocenters. The van der Waals surface area contributed by atoms with Gasteiger partial charge in [0.05, 0.1) is 343 Å². The monoisotopic (exact) mass is 2090 g/mol. The van der Waals surface area contributed by atoms with Crippen molar-refractivity contribution >= 4 is 79.6 Å². The third-order valence-corrected chi connectivity index (χ3v) is 21.4. The van der Waals surface area contributed by atoms with Crippen molar-refractivity contribution in [2.75, 3.05) is 415 Å². The largest absolute Gasteiger partial charge is 0.471 e. The number of amides is 3.